The number of imidazole rings is 1. The Labute approximate surface area is 180 Å². The molecule has 8 nitrogen and oxygen atoms in total. The first kappa shape index (κ1) is 20.0. The molecular weight excluding hydrogens is 420 g/mol. The summed E-state index contributed by atoms with van der Waals surface area (Å²) in [6, 6.07) is 8.51. The van der Waals surface area contributed by atoms with E-state index in [9.17, 15) is 18.4 Å². The lowest BCUT2D eigenvalue weighted by molar-refractivity contribution is -0.0925. The fourth-order valence-electron chi connectivity index (χ4n) is 3.67. The summed E-state index contributed by atoms with van der Waals surface area (Å²) in [7, 11) is 0. The quantitative estimate of drug-likeness (QED) is 0.468. The highest BCUT2D eigenvalue weighted by atomic mass is 19.3. The number of carbonyl (C=O) groups excluding carboxylic acids is 2. The zero-order chi connectivity index (χ0) is 22.5. The molecule has 162 valence electrons. The van der Waals surface area contributed by atoms with E-state index < -0.39 is 17.7 Å². The fraction of sp³-hybridized carbons (Fsp3) is 0.227. The Morgan fingerprint density at radius 2 is 2.09 bits per heavy atom. The van der Waals surface area contributed by atoms with Crippen LogP contribution in [0.25, 0.3) is 17.0 Å². The molecule has 1 aliphatic carbocycles. The van der Waals surface area contributed by atoms with E-state index >= 15 is 0 Å². The Hall–Kier alpha value is -3.95. The van der Waals surface area contributed by atoms with Crippen molar-refractivity contribution >= 4 is 23.5 Å². The minimum absolute atomic E-state index is 0.189. The van der Waals surface area contributed by atoms with Crippen LogP contribution in [0.1, 0.15) is 51.1 Å². The van der Waals surface area contributed by atoms with E-state index in [1.54, 1.807) is 36.5 Å². The minimum Gasteiger partial charge on any atom is -0.339 e. The summed E-state index contributed by atoms with van der Waals surface area (Å²) in [5.41, 5.74) is 3.11. The van der Waals surface area contributed by atoms with Crippen LogP contribution in [0.2, 0.25) is 0 Å². The van der Waals surface area contributed by atoms with Crippen LogP contribution in [0.15, 0.2) is 47.2 Å². The van der Waals surface area contributed by atoms with Crippen molar-refractivity contribution in [3.63, 3.8) is 0 Å². The van der Waals surface area contributed by atoms with Gasteiger partial charge in [-0.2, -0.15) is 4.98 Å². The number of alkyl halides is 2. The van der Waals surface area contributed by atoms with Crippen molar-refractivity contribution in [1.29, 1.82) is 0 Å². The molecule has 0 atom stereocenters. The van der Waals surface area contributed by atoms with E-state index in [-0.39, 0.29) is 30.3 Å². The topological polar surface area (TPSA) is 102 Å². The number of nitrogens with zero attached hydrogens (tertiary/aromatic N) is 4. The van der Waals surface area contributed by atoms with Crippen LogP contribution in [0.3, 0.4) is 0 Å². The van der Waals surface area contributed by atoms with Crippen molar-refractivity contribution in [3.8, 4) is 11.4 Å². The molecule has 0 saturated heterocycles. The van der Waals surface area contributed by atoms with Gasteiger partial charge in [-0.05, 0) is 30.7 Å². The van der Waals surface area contributed by atoms with Crippen LogP contribution in [0.4, 0.5) is 14.5 Å². The number of aldehydes is 1. The first-order valence-electron chi connectivity index (χ1n) is 9.89. The zero-order valence-corrected chi connectivity index (χ0v) is 16.9. The molecular formula is C22H17F2N5O3. The second-order valence-corrected chi connectivity index (χ2v) is 7.85. The highest BCUT2D eigenvalue weighted by molar-refractivity contribution is 6.04. The standard InChI is InChI=1S/C22H17F2N5O3/c1-12-2-4-14(19-27-21(32-28-19)15-7-22(23,24)8-15)6-16(12)26-20(31)17-9-25-18-5-3-13(11-30)10-29(17)18/h2-6,9-11,15H,7-8H2,1H3,(H,26,31). The van der Waals surface area contributed by atoms with E-state index in [1.165, 1.54) is 10.6 Å². The average molecular weight is 437 g/mol. The predicted molar refractivity (Wildman–Crippen MR) is 110 cm³/mol. The molecule has 0 unspecified atom stereocenters. The Morgan fingerprint density at radius 1 is 1.28 bits per heavy atom. The molecule has 1 N–H and O–H groups in total. The number of amides is 1. The second kappa shape index (κ2) is 7.33. The summed E-state index contributed by atoms with van der Waals surface area (Å²) < 4.78 is 33.0. The molecule has 1 fully saturated rings. The molecule has 1 saturated carbocycles. The van der Waals surface area contributed by atoms with Gasteiger partial charge in [0.15, 0.2) is 6.29 Å². The Bertz CT molecular complexity index is 1350. The molecule has 0 aliphatic heterocycles. The summed E-state index contributed by atoms with van der Waals surface area (Å²) in [5.74, 6) is -3.08. The van der Waals surface area contributed by atoms with Gasteiger partial charge in [0.2, 0.25) is 17.6 Å². The maximum absolute atomic E-state index is 13.1. The maximum atomic E-state index is 13.1. The lowest BCUT2D eigenvalue weighted by Gasteiger charge is -2.31. The summed E-state index contributed by atoms with van der Waals surface area (Å²) in [6.07, 6.45) is 3.07. The Morgan fingerprint density at radius 3 is 2.84 bits per heavy atom. The number of fused-ring (bicyclic) bond motifs is 1. The molecule has 0 radical (unpaired) electrons. The van der Waals surface area contributed by atoms with Gasteiger partial charge in [-0.3, -0.25) is 14.0 Å². The van der Waals surface area contributed by atoms with Crippen LogP contribution in [0.5, 0.6) is 0 Å². The molecule has 4 aromatic rings. The third kappa shape index (κ3) is 3.53. The summed E-state index contributed by atoms with van der Waals surface area (Å²) in [5, 5.41) is 6.75. The van der Waals surface area contributed by atoms with E-state index in [0.717, 1.165) is 5.56 Å². The Balaban J connectivity index is 1.40. The average Bonchev–Trinajstić information content (AvgIpc) is 3.40. The van der Waals surface area contributed by atoms with E-state index in [0.29, 0.717) is 28.7 Å². The van der Waals surface area contributed by atoms with Crippen molar-refractivity contribution in [1.82, 2.24) is 19.5 Å². The molecule has 0 spiro atoms. The van der Waals surface area contributed by atoms with Gasteiger partial charge in [0.1, 0.15) is 11.3 Å². The van der Waals surface area contributed by atoms with E-state index in [2.05, 4.69) is 20.4 Å². The number of aryl methyl sites for hydroxylation is 1. The third-order valence-electron chi connectivity index (χ3n) is 5.52. The number of carbonyl (C=O) groups is 2. The van der Waals surface area contributed by atoms with Gasteiger partial charge in [-0.15, -0.1) is 0 Å². The molecule has 1 aliphatic rings. The lowest BCUT2D eigenvalue weighted by Crippen LogP contribution is -2.33. The summed E-state index contributed by atoms with van der Waals surface area (Å²) in [6.45, 7) is 1.83. The number of nitrogens with one attached hydrogen (secondary N) is 1. The SMILES string of the molecule is Cc1ccc(-c2noc(C3CC(F)(F)C3)n2)cc1NC(=O)c1cnc2ccc(C=O)cn12. The number of rotatable bonds is 5. The lowest BCUT2D eigenvalue weighted by atomic mass is 9.81. The molecule has 3 heterocycles. The van der Waals surface area contributed by atoms with E-state index in [4.69, 9.17) is 4.52 Å². The van der Waals surface area contributed by atoms with Crippen LogP contribution < -0.4 is 5.32 Å². The summed E-state index contributed by atoms with van der Waals surface area (Å²) >= 11 is 0. The van der Waals surface area contributed by atoms with Crippen molar-refractivity contribution in [2.45, 2.75) is 31.6 Å². The Kier molecular flexibility index (Phi) is 4.58. The van der Waals surface area contributed by atoms with Crippen molar-refractivity contribution in [2.24, 2.45) is 0 Å². The molecule has 32 heavy (non-hydrogen) atoms. The molecule has 0 bridgehead atoms. The first-order chi connectivity index (χ1) is 15.3. The molecule has 3 aromatic heterocycles. The second-order valence-electron chi connectivity index (χ2n) is 7.85. The van der Waals surface area contributed by atoms with Gasteiger partial charge in [0, 0.05) is 41.8 Å². The number of pyridine rings is 1. The van der Waals surface area contributed by atoms with Gasteiger partial charge in [-0.1, -0.05) is 17.3 Å². The largest absolute Gasteiger partial charge is 0.339 e. The molecule has 5 rings (SSSR count). The number of hydrogen-bond donors (Lipinski definition) is 1. The number of benzene rings is 1. The van der Waals surface area contributed by atoms with Crippen LogP contribution in [-0.2, 0) is 0 Å². The highest BCUT2D eigenvalue weighted by Crippen LogP contribution is 2.47. The van der Waals surface area contributed by atoms with Crippen LogP contribution in [0, 0.1) is 6.92 Å². The smallest absolute Gasteiger partial charge is 0.274 e. The summed E-state index contributed by atoms with van der Waals surface area (Å²) in [4.78, 5) is 32.4. The van der Waals surface area contributed by atoms with Gasteiger partial charge >= 0.3 is 0 Å². The van der Waals surface area contributed by atoms with Crippen molar-refractivity contribution in [3.05, 3.63) is 65.4 Å². The van der Waals surface area contributed by atoms with Gasteiger partial charge in [-0.25, -0.2) is 13.8 Å². The van der Waals surface area contributed by atoms with Crippen LogP contribution in [-0.4, -0.2) is 37.6 Å². The van der Waals surface area contributed by atoms with Gasteiger partial charge < -0.3 is 9.84 Å². The van der Waals surface area contributed by atoms with Gasteiger partial charge in [0.05, 0.1) is 6.20 Å². The highest BCUT2D eigenvalue weighted by Gasteiger charge is 2.48. The van der Waals surface area contributed by atoms with Gasteiger partial charge in [0.25, 0.3) is 5.91 Å². The number of halogens is 2. The van der Waals surface area contributed by atoms with Crippen LogP contribution >= 0.6 is 0 Å². The third-order valence-corrected chi connectivity index (χ3v) is 5.52. The maximum Gasteiger partial charge on any atom is 0.274 e. The molecule has 10 heteroatoms. The molecule has 1 amide bonds. The van der Waals surface area contributed by atoms with Crippen molar-refractivity contribution in [2.75, 3.05) is 5.32 Å². The fourth-order valence-corrected chi connectivity index (χ4v) is 3.67. The zero-order valence-electron chi connectivity index (χ0n) is 16.9. The monoisotopic (exact) mass is 437 g/mol. The normalized spacial score (nSPS) is 15.5. The molecule has 1 aromatic carbocycles. The number of hydrogen-bond acceptors (Lipinski definition) is 6. The minimum atomic E-state index is -2.68. The number of aromatic nitrogens is 4. The van der Waals surface area contributed by atoms with E-state index in [1.807, 2.05) is 6.92 Å². The number of anilines is 1. The first-order valence-corrected chi connectivity index (χ1v) is 9.89. The van der Waals surface area contributed by atoms with Crippen molar-refractivity contribution < 1.29 is 22.9 Å². The predicted octanol–water partition coefficient (Wildman–Crippen LogP) is 4.27.